The summed E-state index contributed by atoms with van der Waals surface area (Å²) >= 11 is 1.79. The molecule has 1 aliphatic rings. The minimum Gasteiger partial charge on any atom is -0.330 e. The Morgan fingerprint density at radius 1 is 1.33 bits per heavy atom. The van der Waals surface area contributed by atoms with E-state index in [9.17, 15) is 0 Å². The van der Waals surface area contributed by atoms with Gasteiger partial charge in [0.2, 0.25) is 0 Å². The van der Waals surface area contributed by atoms with Crippen LogP contribution in [0.25, 0.3) is 0 Å². The van der Waals surface area contributed by atoms with Gasteiger partial charge in [-0.15, -0.1) is 21.5 Å². The van der Waals surface area contributed by atoms with Gasteiger partial charge in [-0.2, -0.15) is 0 Å². The van der Waals surface area contributed by atoms with E-state index in [1.807, 2.05) is 0 Å². The van der Waals surface area contributed by atoms with E-state index in [2.05, 4.69) is 17.1 Å². The zero-order valence-corrected chi connectivity index (χ0v) is 10.1. The van der Waals surface area contributed by atoms with Crippen LogP contribution < -0.4 is 5.73 Å². The highest BCUT2D eigenvalue weighted by atomic mass is 32.1. The molecular weight excluding hydrogens is 206 g/mol. The van der Waals surface area contributed by atoms with E-state index < -0.39 is 0 Å². The molecule has 3 nitrogen and oxygen atoms in total. The largest absolute Gasteiger partial charge is 0.330 e. The summed E-state index contributed by atoms with van der Waals surface area (Å²) in [7, 11) is 0. The second kappa shape index (κ2) is 4.58. The van der Waals surface area contributed by atoms with Crippen LogP contribution in [0.2, 0.25) is 0 Å². The highest BCUT2D eigenvalue weighted by molar-refractivity contribution is 7.11. The Bertz CT molecular complexity index is 315. The lowest BCUT2D eigenvalue weighted by Crippen LogP contribution is -2.16. The van der Waals surface area contributed by atoms with E-state index in [-0.39, 0.29) is 0 Å². The van der Waals surface area contributed by atoms with Crippen molar-refractivity contribution in [2.75, 3.05) is 6.54 Å². The zero-order chi connectivity index (χ0) is 10.7. The third kappa shape index (κ3) is 2.37. The summed E-state index contributed by atoms with van der Waals surface area (Å²) in [5.41, 5.74) is 5.81. The Hall–Kier alpha value is -0.480. The van der Waals surface area contributed by atoms with Crippen molar-refractivity contribution in [3.63, 3.8) is 0 Å². The molecule has 0 aromatic carbocycles. The van der Waals surface area contributed by atoms with Crippen molar-refractivity contribution in [3.8, 4) is 0 Å². The van der Waals surface area contributed by atoms with Gasteiger partial charge < -0.3 is 5.73 Å². The van der Waals surface area contributed by atoms with E-state index >= 15 is 0 Å². The van der Waals surface area contributed by atoms with Crippen LogP contribution in [-0.2, 0) is 11.8 Å². The predicted octanol–water partition coefficient (Wildman–Crippen LogP) is 2.26. The molecule has 1 aromatic rings. The molecule has 0 bridgehead atoms. The van der Waals surface area contributed by atoms with E-state index in [1.54, 1.807) is 11.3 Å². The third-order valence-electron chi connectivity index (χ3n) is 3.29. The van der Waals surface area contributed by atoms with Crippen molar-refractivity contribution in [1.82, 2.24) is 10.2 Å². The summed E-state index contributed by atoms with van der Waals surface area (Å²) in [6, 6.07) is 0. The summed E-state index contributed by atoms with van der Waals surface area (Å²) < 4.78 is 0. The number of hydrogen-bond acceptors (Lipinski definition) is 4. The maximum atomic E-state index is 5.49. The monoisotopic (exact) mass is 225 g/mol. The molecule has 0 spiro atoms. The lowest BCUT2D eigenvalue weighted by Gasteiger charge is -2.18. The molecule has 2 rings (SSSR count). The Morgan fingerprint density at radius 3 is 2.73 bits per heavy atom. The van der Waals surface area contributed by atoms with E-state index in [0.717, 1.165) is 24.4 Å². The minimum absolute atomic E-state index is 0.318. The lowest BCUT2D eigenvalue weighted by molar-refractivity contribution is 0.484. The average molecular weight is 225 g/mol. The summed E-state index contributed by atoms with van der Waals surface area (Å²) in [4.78, 5) is 0. The van der Waals surface area contributed by atoms with Gasteiger partial charge in [0.1, 0.15) is 10.0 Å². The van der Waals surface area contributed by atoms with Gasteiger partial charge in [0, 0.05) is 11.8 Å². The smallest absolute Gasteiger partial charge is 0.123 e. The second-order valence-electron chi connectivity index (χ2n) is 4.66. The molecule has 1 aliphatic carbocycles. The molecule has 0 radical (unpaired) electrons. The van der Waals surface area contributed by atoms with Gasteiger partial charge in [-0.25, -0.2) is 0 Å². The molecule has 0 unspecified atom stereocenters. The van der Waals surface area contributed by atoms with Crippen molar-refractivity contribution in [1.29, 1.82) is 0 Å². The van der Waals surface area contributed by atoms with Crippen molar-refractivity contribution in [2.45, 2.75) is 50.9 Å². The van der Waals surface area contributed by atoms with Crippen LogP contribution in [0.5, 0.6) is 0 Å². The minimum atomic E-state index is 0.318. The molecular formula is C11H19N3S. The van der Waals surface area contributed by atoms with E-state index in [0.29, 0.717) is 5.41 Å². The number of aromatic nitrogens is 2. The number of aryl methyl sites for hydroxylation is 1. The van der Waals surface area contributed by atoms with Crippen LogP contribution in [0.4, 0.5) is 0 Å². The summed E-state index contributed by atoms with van der Waals surface area (Å²) in [6.07, 6.45) is 7.25. The SMILES string of the molecule is CC1(c2nnc(CCCN)s2)CCCC1. The first kappa shape index (κ1) is 11.0. The summed E-state index contributed by atoms with van der Waals surface area (Å²) in [5.74, 6) is 0. The molecule has 1 aromatic heterocycles. The Morgan fingerprint density at radius 2 is 2.07 bits per heavy atom. The number of nitrogens with two attached hydrogens (primary N) is 1. The molecule has 1 heterocycles. The molecule has 0 saturated heterocycles. The van der Waals surface area contributed by atoms with Crippen molar-refractivity contribution >= 4 is 11.3 Å². The normalized spacial score (nSPS) is 19.6. The van der Waals surface area contributed by atoms with Crippen molar-refractivity contribution < 1.29 is 0 Å². The van der Waals surface area contributed by atoms with Crippen LogP contribution >= 0.6 is 11.3 Å². The maximum absolute atomic E-state index is 5.49. The maximum Gasteiger partial charge on any atom is 0.123 e. The van der Waals surface area contributed by atoms with Gasteiger partial charge >= 0.3 is 0 Å². The standard InChI is InChI=1S/C11H19N3S/c1-11(6-2-3-7-11)10-14-13-9(15-10)5-4-8-12/h2-8,12H2,1H3. The van der Waals surface area contributed by atoms with Gasteiger partial charge in [-0.1, -0.05) is 19.8 Å². The van der Waals surface area contributed by atoms with Crippen LogP contribution in [0, 0.1) is 0 Å². The van der Waals surface area contributed by atoms with Gasteiger partial charge in [0.05, 0.1) is 0 Å². The Balaban J connectivity index is 2.05. The van der Waals surface area contributed by atoms with Crippen LogP contribution in [0.1, 0.15) is 49.0 Å². The van der Waals surface area contributed by atoms with E-state index in [1.165, 1.54) is 30.7 Å². The van der Waals surface area contributed by atoms with Gasteiger partial charge in [-0.3, -0.25) is 0 Å². The Kier molecular flexibility index (Phi) is 3.36. The molecule has 1 fully saturated rings. The first-order valence-corrected chi connectivity index (χ1v) is 6.59. The highest BCUT2D eigenvalue weighted by Gasteiger charge is 2.33. The number of hydrogen-bond donors (Lipinski definition) is 1. The molecule has 0 atom stereocenters. The average Bonchev–Trinajstić information content (AvgIpc) is 2.84. The Labute approximate surface area is 95.1 Å². The van der Waals surface area contributed by atoms with Gasteiger partial charge in [0.25, 0.3) is 0 Å². The third-order valence-corrected chi connectivity index (χ3v) is 4.57. The van der Waals surface area contributed by atoms with Crippen LogP contribution in [0.15, 0.2) is 0 Å². The summed E-state index contributed by atoms with van der Waals surface area (Å²) in [6.45, 7) is 3.07. The topological polar surface area (TPSA) is 51.8 Å². The van der Waals surface area contributed by atoms with Crippen LogP contribution in [0.3, 0.4) is 0 Å². The fourth-order valence-corrected chi connectivity index (χ4v) is 3.30. The molecule has 2 N–H and O–H groups in total. The molecule has 1 saturated carbocycles. The fourth-order valence-electron chi connectivity index (χ4n) is 2.22. The molecule has 15 heavy (non-hydrogen) atoms. The first-order chi connectivity index (χ1) is 7.24. The first-order valence-electron chi connectivity index (χ1n) is 5.77. The van der Waals surface area contributed by atoms with Crippen molar-refractivity contribution in [3.05, 3.63) is 10.0 Å². The fraction of sp³-hybridized carbons (Fsp3) is 0.818. The van der Waals surface area contributed by atoms with Crippen molar-refractivity contribution in [2.24, 2.45) is 5.73 Å². The molecule has 4 heteroatoms. The molecule has 0 amide bonds. The number of nitrogens with zero attached hydrogens (tertiary/aromatic N) is 2. The lowest BCUT2D eigenvalue weighted by atomic mass is 9.90. The van der Waals surface area contributed by atoms with Crippen LogP contribution in [-0.4, -0.2) is 16.7 Å². The molecule has 0 aliphatic heterocycles. The van der Waals surface area contributed by atoms with Gasteiger partial charge in [-0.05, 0) is 25.8 Å². The zero-order valence-electron chi connectivity index (χ0n) is 9.33. The highest BCUT2D eigenvalue weighted by Crippen LogP contribution is 2.41. The second-order valence-corrected chi connectivity index (χ2v) is 5.72. The summed E-state index contributed by atoms with van der Waals surface area (Å²) in [5, 5.41) is 11.0. The van der Waals surface area contributed by atoms with E-state index in [4.69, 9.17) is 5.73 Å². The van der Waals surface area contributed by atoms with Gasteiger partial charge in [0.15, 0.2) is 0 Å². The quantitative estimate of drug-likeness (QED) is 0.855. The molecule has 84 valence electrons. The predicted molar refractivity (Wildman–Crippen MR) is 63.1 cm³/mol. The number of rotatable bonds is 4.